The molecule has 1 N–H and O–H groups in total. The number of hydrogen-bond acceptors (Lipinski definition) is 3. The van der Waals surface area contributed by atoms with Gasteiger partial charge >= 0.3 is 5.97 Å². The first-order chi connectivity index (χ1) is 8.63. The van der Waals surface area contributed by atoms with E-state index >= 15 is 0 Å². The van der Waals surface area contributed by atoms with Crippen LogP contribution in [-0.4, -0.2) is 34.6 Å². The second-order valence-electron chi connectivity index (χ2n) is 3.90. The summed E-state index contributed by atoms with van der Waals surface area (Å²) in [7, 11) is 1.59. The van der Waals surface area contributed by atoms with Gasteiger partial charge in [-0.25, -0.2) is 4.79 Å². The molecule has 0 amide bonds. The van der Waals surface area contributed by atoms with E-state index in [1.165, 1.54) is 22.9 Å². The molecule has 18 heavy (non-hydrogen) atoms. The van der Waals surface area contributed by atoms with Crippen LogP contribution in [0, 0.1) is 5.95 Å². The van der Waals surface area contributed by atoms with Gasteiger partial charge in [0.1, 0.15) is 0 Å². The molecule has 1 aromatic heterocycles. The number of rotatable bonds is 5. The Labute approximate surface area is 103 Å². The highest BCUT2D eigenvalue weighted by Gasteiger charge is 2.12. The SMILES string of the molecule is COCCCn1nc(F)c2ccc(C(=O)O)cc21. The Balaban J connectivity index is 2.39. The van der Waals surface area contributed by atoms with Crippen molar-refractivity contribution in [1.82, 2.24) is 9.78 Å². The van der Waals surface area contributed by atoms with Crippen LogP contribution in [0.3, 0.4) is 0 Å². The van der Waals surface area contributed by atoms with Crippen molar-refractivity contribution in [1.29, 1.82) is 0 Å². The summed E-state index contributed by atoms with van der Waals surface area (Å²) in [6.45, 7) is 1.03. The minimum atomic E-state index is -1.04. The summed E-state index contributed by atoms with van der Waals surface area (Å²) < 4.78 is 19.9. The summed E-state index contributed by atoms with van der Waals surface area (Å²) in [4.78, 5) is 10.9. The molecule has 0 saturated heterocycles. The molecular formula is C12H13FN2O3. The average molecular weight is 252 g/mol. The molecule has 1 heterocycles. The van der Waals surface area contributed by atoms with E-state index in [0.29, 0.717) is 30.5 Å². The summed E-state index contributed by atoms with van der Waals surface area (Å²) in [6, 6.07) is 4.24. The van der Waals surface area contributed by atoms with Gasteiger partial charge in [-0.1, -0.05) is 0 Å². The fraction of sp³-hybridized carbons (Fsp3) is 0.333. The van der Waals surface area contributed by atoms with E-state index in [4.69, 9.17) is 9.84 Å². The van der Waals surface area contributed by atoms with Gasteiger partial charge in [-0.15, -0.1) is 5.10 Å². The average Bonchev–Trinajstić information content (AvgIpc) is 2.66. The van der Waals surface area contributed by atoms with Crippen molar-refractivity contribution in [2.75, 3.05) is 13.7 Å². The minimum Gasteiger partial charge on any atom is -0.478 e. The van der Waals surface area contributed by atoms with Gasteiger partial charge in [-0.2, -0.15) is 4.39 Å². The molecule has 6 heteroatoms. The lowest BCUT2D eigenvalue weighted by Crippen LogP contribution is -2.04. The molecule has 0 aliphatic heterocycles. The van der Waals surface area contributed by atoms with Crippen molar-refractivity contribution >= 4 is 16.9 Å². The van der Waals surface area contributed by atoms with E-state index in [2.05, 4.69) is 5.10 Å². The zero-order chi connectivity index (χ0) is 13.1. The van der Waals surface area contributed by atoms with Crippen LogP contribution in [0.4, 0.5) is 4.39 Å². The van der Waals surface area contributed by atoms with Crippen LogP contribution in [0.25, 0.3) is 10.9 Å². The van der Waals surface area contributed by atoms with Crippen molar-refractivity contribution in [3.8, 4) is 0 Å². The van der Waals surface area contributed by atoms with Gasteiger partial charge in [0, 0.05) is 20.3 Å². The Morgan fingerprint density at radius 2 is 2.33 bits per heavy atom. The first-order valence-electron chi connectivity index (χ1n) is 5.52. The Kier molecular flexibility index (Phi) is 3.57. The van der Waals surface area contributed by atoms with Crippen molar-refractivity contribution < 1.29 is 19.0 Å². The first kappa shape index (κ1) is 12.5. The van der Waals surface area contributed by atoms with E-state index < -0.39 is 11.9 Å². The van der Waals surface area contributed by atoms with Crippen LogP contribution in [-0.2, 0) is 11.3 Å². The summed E-state index contributed by atoms with van der Waals surface area (Å²) in [5, 5.41) is 13.0. The fourth-order valence-corrected chi connectivity index (χ4v) is 1.80. The Hall–Kier alpha value is -1.95. The van der Waals surface area contributed by atoms with Crippen LogP contribution in [0.15, 0.2) is 18.2 Å². The first-order valence-corrected chi connectivity index (χ1v) is 5.52. The van der Waals surface area contributed by atoms with Gasteiger partial charge < -0.3 is 9.84 Å². The van der Waals surface area contributed by atoms with Crippen LogP contribution in [0.2, 0.25) is 0 Å². The number of halogens is 1. The van der Waals surface area contributed by atoms with E-state index in [1.54, 1.807) is 7.11 Å². The summed E-state index contributed by atoms with van der Waals surface area (Å²) in [6.07, 6.45) is 0.685. The molecule has 0 atom stereocenters. The van der Waals surface area contributed by atoms with E-state index in [-0.39, 0.29) is 5.56 Å². The van der Waals surface area contributed by atoms with Crippen LogP contribution in [0.1, 0.15) is 16.8 Å². The molecule has 0 bridgehead atoms. The van der Waals surface area contributed by atoms with E-state index in [0.717, 1.165) is 0 Å². The highest BCUT2D eigenvalue weighted by molar-refractivity contribution is 5.93. The molecule has 5 nitrogen and oxygen atoms in total. The molecule has 2 rings (SSSR count). The number of carbonyl (C=O) groups is 1. The monoisotopic (exact) mass is 252 g/mol. The van der Waals surface area contributed by atoms with Gasteiger partial charge in [0.2, 0.25) is 5.95 Å². The van der Waals surface area contributed by atoms with Crippen molar-refractivity contribution in [3.63, 3.8) is 0 Å². The number of aromatic carboxylic acids is 1. The molecule has 0 saturated carbocycles. The second kappa shape index (κ2) is 5.14. The number of benzene rings is 1. The van der Waals surface area contributed by atoms with Gasteiger partial charge in [-0.05, 0) is 24.6 Å². The summed E-state index contributed by atoms with van der Waals surface area (Å²) >= 11 is 0. The van der Waals surface area contributed by atoms with E-state index in [9.17, 15) is 9.18 Å². The quantitative estimate of drug-likeness (QED) is 0.825. The number of carboxylic acid groups (broad SMARTS) is 1. The maximum Gasteiger partial charge on any atom is 0.335 e. The van der Waals surface area contributed by atoms with Crippen molar-refractivity contribution in [2.45, 2.75) is 13.0 Å². The molecule has 0 aliphatic rings. The molecule has 1 aromatic carbocycles. The molecule has 0 radical (unpaired) electrons. The number of nitrogens with zero attached hydrogens (tertiary/aromatic N) is 2. The predicted octanol–water partition coefficient (Wildman–Crippen LogP) is 1.91. The normalized spacial score (nSPS) is 11.0. The van der Waals surface area contributed by atoms with Crippen LogP contribution in [0.5, 0.6) is 0 Å². The Morgan fingerprint density at radius 3 is 3.00 bits per heavy atom. The third-order valence-electron chi connectivity index (χ3n) is 2.67. The van der Waals surface area contributed by atoms with Crippen LogP contribution >= 0.6 is 0 Å². The largest absolute Gasteiger partial charge is 0.478 e. The fourth-order valence-electron chi connectivity index (χ4n) is 1.80. The second-order valence-corrected chi connectivity index (χ2v) is 3.90. The molecule has 2 aromatic rings. The highest BCUT2D eigenvalue weighted by Crippen LogP contribution is 2.19. The summed E-state index contributed by atoms with van der Waals surface area (Å²) in [5.41, 5.74) is 0.610. The topological polar surface area (TPSA) is 64.4 Å². The number of aryl methyl sites for hydroxylation is 1. The standard InChI is InChI=1S/C12H13FN2O3/c1-18-6-2-5-15-10-7-8(12(16)17)3-4-9(10)11(13)14-15/h3-4,7H,2,5-6H2,1H3,(H,16,17). The van der Waals surface area contributed by atoms with Gasteiger partial charge in [0.25, 0.3) is 0 Å². The summed E-state index contributed by atoms with van der Waals surface area (Å²) in [5.74, 6) is -1.62. The molecule has 96 valence electrons. The smallest absolute Gasteiger partial charge is 0.335 e. The molecular weight excluding hydrogens is 239 g/mol. The zero-order valence-corrected chi connectivity index (χ0v) is 9.89. The molecule has 0 aliphatic carbocycles. The van der Waals surface area contributed by atoms with Gasteiger partial charge in [0.05, 0.1) is 16.5 Å². The maximum atomic E-state index is 13.5. The lowest BCUT2D eigenvalue weighted by atomic mass is 10.1. The third-order valence-corrected chi connectivity index (χ3v) is 2.67. The lowest BCUT2D eigenvalue weighted by molar-refractivity contribution is 0.0697. The lowest BCUT2D eigenvalue weighted by Gasteiger charge is -2.03. The van der Waals surface area contributed by atoms with Gasteiger partial charge in [-0.3, -0.25) is 4.68 Å². The predicted molar refractivity (Wildman–Crippen MR) is 63.1 cm³/mol. The Bertz CT molecular complexity index is 580. The van der Waals surface area contributed by atoms with Gasteiger partial charge in [0.15, 0.2) is 0 Å². The number of carboxylic acids is 1. The minimum absolute atomic E-state index is 0.121. The maximum absolute atomic E-state index is 13.5. The number of aromatic nitrogens is 2. The van der Waals surface area contributed by atoms with Crippen LogP contribution < -0.4 is 0 Å². The highest BCUT2D eigenvalue weighted by atomic mass is 19.1. The van der Waals surface area contributed by atoms with Crippen molar-refractivity contribution in [2.24, 2.45) is 0 Å². The number of methoxy groups -OCH3 is 1. The molecule has 0 unspecified atom stereocenters. The number of ether oxygens (including phenoxy) is 1. The zero-order valence-electron chi connectivity index (χ0n) is 9.89. The number of fused-ring (bicyclic) bond motifs is 1. The van der Waals surface area contributed by atoms with Crippen molar-refractivity contribution in [3.05, 3.63) is 29.7 Å². The third kappa shape index (κ3) is 2.33. The van der Waals surface area contributed by atoms with E-state index in [1.807, 2.05) is 0 Å². The molecule has 0 spiro atoms. The number of hydrogen-bond donors (Lipinski definition) is 1. The Morgan fingerprint density at radius 1 is 1.56 bits per heavy atom. The molecule has 0 fully saturated rings.